The summed E-state index contributed by atoms with van der Waals surface area (Å²) in [5.74, 6) is 1.85. The molecule has 0 radical (unpaired) electrons. The lowest BCUT2D eigenvalue weighted by molar-refractivity contribution is -0.132. The highest BCUT2D eigenvalue weighted by Crippen LogP contribution is 2.32. The minimum absolute atomic E-state index is 0.145. The van der Waals surface area contributed by atoms with Gasteiger partial charge in [-0.15, -0.1) is 0 Å². The zero-order valence-corrected chi connectivity index (χ0v) is 13.0. The molecule has 0 aliphatic carbocycles. The van der Waals surface area contributed by atoms with Crippen molar-refractivity contribution in [3.8, 4) is 0 Å². The topological polar surface area (TPSA) is 63.1 Å². The monoisotopic (exact) mass is 299 g/mol. The van der Waals surface area contributed by atoms with E-state index in [1.165, 1.54) is 0 Å². The third-order valence-electron chi connectivity index (χ3n) is 4.23. The maximum absolute atomic E-state index is 12.6. The van der Waals surface area contributed by atoms with E-state index in [0.717, 1.165) is 36.6 Å². The maximum Gasteiger partial charge on any atom is 0.243 e. The first-order valence-corrected chi connectivity index (χ1v) is 7.60. The number of nitrogens with one attached hydrogen (secondary N) is 1. The quantitative estimate of drug-likeness (QED) is 0.938. The van der Waals surface area contributed by atoms with Gasteiger partial charge in [-0.25, -0.2) is 9.97 Å². The van der Waals surface area contributed by atoms with E-state index in [1.54, 1.807) is 12.4 Å². The fraction of sp³-hybridized carbons (Fsp3) is 0.438. The predicted octanol–water partition coefficient (Wildman–Crippen LogP) is 1.99. The molecule has 0 bridgehead atoms. The summed E-state index contributed by atoms with van der Waals surface area (Å²) in [6.07, 6.45) is 7.41. The van der Waals surface area contributed by atoms with Crippen molar-refractivity contribution in [1.29, 1.82) is 0 Å². The molecule has 1 N–H and O–H groups in total. The molecule has 1 atom stereocenters. The molecule has 2 aromatic heterocycles. The van der Waals surface area contributed by atoms with Crippen molar-refractivity contribution in [2.45, 2.75) is 32.4 Å². The molecule has 1 aliphatic heterocycles. The molecule has 6 nitrogen and oxygen atoms in total. The highest BCUT2D eigenvalue weighted by atomic mass is 16.2. The zero-order valence-electron chi connectivity index (χ0n) is 13.0. The second-order valence-corrected chi connectivity index (χ2v) is 5.57. The molecule has 22 heavy (non-hydrogen) atoms. The molecule has 3 rings (SSSR count). The Hall–Kier alpha value is -2.37. The third-order valence-corrected chi connectivity index (χ3v) is 4.23. The normalized spacial score (nSPS) is 17.7. The highest BCUT2D eigenvalue weighted by Gasteiger charge is 2.30. The molecule has 0 saturated carbocycles. The van der Waals surface area contributed by atoms with Crippen LogP contribution in [-0.4, -0.2) is 38.9 Å². The van der Waals surface area contributed by atoms with E-state index in [9.17, 15) is 4.79 Å². The Morgan fingerprint density at radius 1 is 1.41 bits per heavy atom. The van der Waals surface area contributed by atoms with E-state index in [-0.39, 0.29) is 11.9 Å². The van der Waals surface area contributed by atoms with Gasteiger partial charge < -0.3 is 14.8 Å². The van der Waals surface area contributed by atoms with Gasteiger partial charge in [0, 0.05) is 32.2 Å². The smallest absolute Gasteiger partial charge is 0.243 e. The molecular weight excluding hydrogens is 278 g/mol. The lowest BCUT2D eigenvalue weighted by atomic mass is 10.1. The number of hydrogen-bond acceptors (Lipinski definition) is 4. The number of anilines is 1. The van der Waals surface area contributed by atoms with Crippen LogP contribution in [0.3, 0.4) is 0 Å². The molecule has 0 unspecified atom stereocenters. The van der Waals surface area contributed by atoms with E-state index in [0.29, 0.717) is 6.54 Å². The van der Waals surface area contributed by atoms with Gasteiger partial charge in [-0.3, -0.25) is 4.79 Å². The minimum Gasteiger partial charge on any atom is -0.373 e. The molecule has 116 valence electrons. The van der Waals surface area contributed by atoms with Crippen LogP contribution in [0.4, 0.5) is 5.82 Å². The number of carbonyl (C=O) groups excluding carboxylic acids is 1. The summed E-state index contributed by atoms with van der Waals surface area (Å²) < 4.78 is 1.89. The largest absolute Gasteiger partial charge is 0.373 e. The number of hydrogen-bond donors (Lipinski definition) is 1. The van der Waals surface area contributed by atoms with Crippen LogP contribution in [0.5, 0.6) is 0 Å². The number of pyridine rings is 1. The number of nitrogens with zero attached hydrogens (tertiary/aromatic N) is 4. The number of aryl methyl sites for hydroxylation is 1. The van der Waals surface area contributed by atoms with Crippen molar-refractivity contribution in [2.24, 2.45) is 0 Å². The van der Waals surface area contributed by atoms with Gasteiger partial charge in [0.2, 0.25) is 5.91 Å². The molecule has 6 heteroatoms. The minimum atomic E-state index is 0.145. The maximum atomic E-state index is 12.6. The summed E-state index contributed by atoms with van der Waals surface area (Å²) in [5.41, 5.74) is 1.15. The van der Waals surface area contributed by atoms with Crippen molar-refractivity contribution < 1.29 is 4.79 Å². The molecule has 1 aliphatic rings. The van der Waals surface area contributed by atoms with Crippen LogP contribution >= 0.6 is 0 Å². The Morgan fingerprint density at radius 3 is 3.00 bits per heavy atom. The summed E-state index contributed by atoms with van der Waals surface area (Å²) in [6.45, 7) is 3.08. The van der Waals surface area contributed by atoms with E-state index >= 15 is 0 Å². The SMILES string of the molecule is CNc1cc([C@H]2CCCN2C(=O)Cn2ccnc2C)ccn1. The van der Waals surface area contributed by atoms with Gasteiger partial charge in [0.05, 0.1) is 6.04 Å². The van der Waals surface area contributed by atoms with Gasteiger partial charge >= 0.3 is 0 Å². The lowest BCUT2D eigenvalue weighted by Gasteiger charge is -2.25. The van der Waals surface area contributed by atoms with E-state index in [4.69, 9.17) is 0 Å². The fourth-order valence-corrected chi connectivity index (χ4v) is 3.01. The average molecular weight is 299 g/mol. The number of likely N-dealkylation sites (tertiary alicyclic amines) is 1. The molecular formula is C16H21N5O. The van der Waals surface area contributed by atoms with Crippen LogP contribution in [-0.2, 0) is 11.3 Å². The van der Waals surface area contributed by atoms with Gasteiger partial charge in [0.15, 0.2) is 0 Å². The number of aromatic nitrogens is 3. The van der Waals surface area contributed by atoms with Crippen LogP contribution in [0.1, 0.15) is 30.3 Å². The van der Waals surface area contributed by atoms with Crippen LogP contribution in [0.2, 0.25) is 0 Å². The summed E-state index contributed by atoms with van der Waals surface area (Å²) in [7, 11) is 1.85. The van der Waals surface area contributed by atoms with Gasteiger partial charge in [-0.2, -0.15) is 0 Å². The van der Waals surface area contributed by atoms with Gasteiger partial charge in [-0.1, -0.05) is 0 Å². The predicted molar refractivity (Wildman–Crippen MR) is 84.4 cm³/mol. The van der Waals surface area contributed by atoms with Crippen molar-refractivity contribution in [1.82, 2.24) is 19.4 Å². The summed E-state index contributed by atoms with van der Waals surface area (Å²) >= 11 is 0. The Labute approximate surface area is 130 Å². The zero-order chi connectivity index (χ0) is 15.5. The van der Waals surface area contributed by atoms with E-state index < -0.39 is 0 Å². The molecule has 0 spiro atoms. The second kappa shape index (κ2) is 6.17. The number of imidazole rings is 1. The average Bonchev–Trinajstić information content (AvgIpc) is 3.17. The molecule has 1 fully saturated rings. The molecule has 0 aromatic carbocycles. The second-order valence-electron chi connectivity index (χ2n) is 5.57. The fourth-order valence-electron chi connectivity index (χ4n) is 3.01. The number of carbonyl (C=O) groups is 1. The molecule has 2 aromatic rings. The Bertz CT molecular complexity index is 666. The van der Waals surface area contributed by atoms with Crippen molar-refractivity contribution in [3.05, 3.63) is 42.1 Å². The van der Waals surface area contributed by atoms with Crippen molar-refractivity contribution in [2.75, 3.05) is 18.9 Å². The highest BCUT2D eigenvalue weighted by molar-refractivity contribution is 5.77. The Balaban J connectivity index is 1.77. The first-order chi connectivity index (χ1) is 10.7. The van der Waals surface area contributed by atoms with Crippen molar-refractivity contribution >= 4 is 11.7 Å². The first kappa shape index (κ1) is 14.6. The Morgan fingerprint density at radius 2 is 2.27 bits per heavy atom. The summed E-state index contributed by atoms with van der Waals surface area (Å²) in [5, 5.41) is 3.05. The number of amides is 1. The van der Waals surface area contributed by atoms with Crippen LogP contribution < -0.4 is 5.32 Å². The Kier molecular flexibility index (Phi) is 4.09. The van der Waals surface area contributed by atoms with E-state index in [1.807, 2.05) is 41.8 Å². The molecule has 1 amide bonds. The summed E-state index contributed by atoms with van der Waals surface area (Å²) in [6, 6.07) is 4.17. The number of rotatable bonds is 4. The molecule has 1 saturated heterocycles. The van der Waals surface area contributed by atoms with Gasteiger partial charge in [0.25, 0.3) is 0 Å². The van der Waals surface area contributed by atoms with E-state index in [2.05, 4.69) is 15.3 Å². The third kappa shape index (κ3) is 2.81. The van der Waals surface area contributed by atoms with Crippen LogP contribution in [0.25, 0.3) is 0 Å². The van der Waals surface area contributed by atoms with Crippen LogP contribution in [0.15, 0.2) is 30.7 Å². The van der Waals surface area contributed by atoms with Gasteiger partial charge in [0.1, 0.15) is 18.2 Å². The lowest BCUT2D eigenvalue weighted by Crippen LogP contribution is -2.33. The van der Waals surface area contributed by atoms with Crippen LogP contribution in [0, 0.1) is 6.92 Å². The molecule has 3 heterocycles. The van der Waals surface area contributed by atoms with Gasteiger partial charge in [-0.05, 0) is 37.5 Å². The standard InChI is InChI=1S/C16H21N5O/c1-12-18-7-9-20(12)11-16(22)21-8-3-4-14(21)13-5-6-19-15(10-13)17-2/h5-7,9-10,14H,3-4,8,11H2,1-2H3,(H,17,19)/t14-/m1/s1. The first-order valence-electron chi connectivity index (χ1n) is 7.60. The summed E-state index contributed by atoms with van der Waals surface area (Å²) in [4.78, 5) is 23.0. The van der Waals surface area contributed by atoms with Crippen molar-refractivity contribution in [3.63, 3.8) is 0 Å².